The van der Waals surface area contributed by atoms with Gasteiger partial charge in [0.15, 0.2) is 0 Å². The minimum atomic E-state index is -0.257. The minimum Gasteiger partial charge on any atom is -0.381 e. The number of rotatable bonds is 5. The van der Waals surface area contributed by atoms with Crippen molar-refractivity contribution in [2.24, 2.45) is 5.92 Å². The van der Waals surface area contributed by atoms with Crippen LogP contribution in [0.4, 0.5) is 0 Å². The molecule has 2 aromatic heterocycles. The summed E-state index contributed by atoms with van der Waals surface area (Å²) in [5, 5.41) is 6.86. The van der Waals surface area contributed by atoms with E-state index in [2.05, 4.69) is 26.9 Å². The number of aromatic nitrogens is 3. The Labute approximate surface area is 135 Å². The molecule has 0 bridgehead atoms. The summed E-state index contributed by atoms with van der Waals surface area (Å²) in [5.74, 6) is 1.15. The number of hydrogen-bond acceptors (Lipinski definition) is 5. The van der Waals surface area contributed by atoms with Gasteiger partial charge in [0.2, 0.25) is 5.76 Å². The number of ether oxygens (including phenoxy) is 1. The van der Waals surface area contributed by atoms with Crippen LogP contribution in [-0.2, 0) is 11.3 Å². The van der Waals surface area contributed by atoms with Crippen molar-refractivity contribution in [2.75, 3.05) is 13.2 Å². The highest BCUT2D eigenvalue weighted by atomic mass is 16.5. The van der Waals surface area contributed by atoms with Gasteiger partial charge in [-0.2, -0.15) is 0 Å². The molecule has 3 heterocycles. The standard InChI is InChI=1S/C16H22N4O3/c1-3-20-7-6-17-15(20)14(12-4-8-22-9-5-12)18-16(21)13-10-11(2)19-23-13/h6-7,10,12,14H,3-5,8-9H2,1-2H3,(H,18,21)/t14-/m0/s1. The van der Waals surface area contributed by atoms with Crippen LogP contribution in [0.15, 0.2) is 23.0 Å². The molecule has 0 unspecified atom stereocenters. The van der Waals surface area contributed by atoms with Crippen LogP contribution in [-0.4, -0.2) is 33.8 Å². The molecule has 0 aliphatic carbocycles. The van der Waals surface area contributed by atoms with Crippen molar-refractivity contribution in [2.45, 2.75) is 39.3 Å². The quantitative estimate of drug-likeness (QED) is 0.913. The minimum absolute atomic E-state index is 0.160. The predicted octanol–water partition coefficient (Wildman–Crippen LogP) is 2.10. The van der Waals surface area contributed by atoms with Crippen molar-refractivity contribution in [3.8, 4) is 0 Å². The predicted molar refractivity (Wildman–Crippen MR) is 82.9 cm³/mol. The first-order chi connectivity index (χ1) is 11.2. The smallest absolute Gasteiger partial charge is 0.290 e. The van der Waals surface area contributed by atoms with Crippen molar-refractivity contribution >= 4 is 5.91 Å². The number of hydrogen-bond donors (Lipinski definition) is 1. The first-order valence-corrected chi connectivity index (χ1v) is 8.02. The van der Waals surface area contributed by atoms with Crippen LogP contribution in [0, 0.1) is 12.8 Å². The van der Waals surface area contributed by atoms with Gasteiger partial charge in [-0.3, -0.25) is 4.79 Å². The van der Waals surface area contributed by atoms with E-state index in [-0.39, 0.29) is 17.7 Å². The topological polar surface area (TPSA) is 82.2 Å². The molecular formula is C16H22N4O3. The van der Waals surface area contributed by atoms with Crippen LogP contribution in [0.3, 0.4) is 0 Å². The highest BCUT2D eigenvalue weighted by Crippen LogP contribution is 2.29. The molecule has 7 nitrogen and oxygen atoms in total. The van der Waals surface area contributed by atoms with Crippen molar-refractivity contribution in [3.63, 3.8) is 0 Å². The van der Waals surface area contributed by atoms with Crippen molar-refractivity contribution < 1.29 is 14.1 Å². The van der Waals surface area contributed by atoms with Gasteiger partial charge in [0, 0.05) is 38.2 Å². The lowest BCUT2D eigenvalue weighted by atomic mass is 9.91. The normalized spacial score (nSPS) is 17.1. The monoisotopic (exact) mass is 318 g/mol. The maximum absolute atomic E-state index is 12.5. The zero-order valence-electron chi connectivity index (χ0n) is 13.5. The fourth-order valence-electron chi connectivity index (χ4n) is 2.99. The number of carbonyl (C=O) groups is 1. The van der Waals surface area contributed by atoms with E-state index >= 15 is 0 Å². The van der Waals surface area contributed by atoms with Crippen molar-refractivity contribution in [1.82, 2.24) is 20.0 Å². The third-order valence-corrected chi connectivity index (χ3v) is 4.24. The highest BCUT2D eigenvalue weighted by Gasteiger charge is 2.31. The van der Waals surface area contributed by atoms with Crippen LogP contribution in [0.1, 0.15) is 47.9 Å². The van der Waals surface area contributed by atoms with Gasteiger partial charge in [-0.15, -0.1) is 0 Å². The van der Waals surface area contributed by atoms with Crippen LogP contribution in [0.25, 0.3) is 0 Å². The average molecular weight is 318 g/mol. The highest BCUT2D eigenvalue weighted by molar-refractivity contribution is 5.91. The van der Waals surface area contributed by atoms with E-state index < -0.39 is 0 Å². The Morgan fingerprint density at radius 3 is 2.91 bits per heavy atom. The van der Waals surface area contributed by atoms with Crippen LogP contribution in [0.2, 0.25) is 0 Å². The van der Waals surface area contributed by atoms with Crippen molar-refractivity contribution in [1.29, 1.82) is 0 Å². The van der Waals surface area contributed by atoms with E-state index in [1.54, 1.807) is 19.2 Å². The van der Waals surface area contributed by atoms with E-state index in [1.165, 1.54) is 0 Å². The van der Waals surface area contributed by atoms with E-state index in [0.717, 1.165) is 25.2 Å². The van der Waals surface area contributed by atoms with Gasteiger partial charge in [0.1, 0.15) is 5.82 Å². The average Bonchev–Trinajstić information content (AvgIpc) is 3.21. The zero-order chi connectivity index (χ0) is 16.2. The third-order valence-electron chi connectivity index (χ3n) is 4.24. The molecule has 3 rings (SSSR count). The van der Waals surface area contributed by atoms with Crippen LogP contribution in [0.5, 0.6) is 0 Å². The summed E-state index contributed by atoms with van der Waals surface area (Å²) >= 11 is 0. The largest absolute Gasteiger partial charge is 0.381 e. The Kier molecular flexibility index (Phi) is 4.76. The number of amides is 1. The molecule has 124 valence electrons. The van der Waals surface area contributed by atoms with Crippen LogP contribution >= 0.6 is 0 Å². The fraction of sp³-hybridized carbons (Fsp3) is 0.562. The molecule has 23 heavy (non-hydrogen) atoms. The molecule has 1 aliphatic heterocycles. The number of carbonyl (C=O) groups excluding carboxylic acids is 1. The number of nitrogens with one attached hydrogen (secondary N) is 1. The molecule has 2 aromatic rings. The van der Waals surface area contributed by atoms with Crippen LogP contribution < -0.4 is 5.32 Å². The molecule has 1 amide bonds. The van der Waals surface area contributed by atoms with E-state index in [4.69, 9.17) is 9.26 Å². The lowest BCUT2D eigenvalue weighted by molar-refractivity contribution is 0.0492. The Morgan fingerprint density at radius 1 is 1.48 bits per heavy atom. The summed E-state index contributed by atoms with van der Waals surface area (Å²) in [7, 11) is 0. The number of imidazole rings is 1. The maximum atomic E-state index is 12.5. The van der Waals surface area contributed by atoms with Gasteiger partial charge < -0.3 is 19.1 Å². The second-order valence-corrected chi connectivity index (χ2v) is 5.80. The Morgan fingerprint density at radius 2 is 2.26 bits per heavy atom. The molecule has 7 heteroatoms. The van der Waals surface area contributed by atoms with Gasteiger partial charge in [0.25, 0.3) is 5.91 Å². The van der Waals surface area contributed by atoms with Gasteiger partial charge in [-0.1, -0.05) is 5.16 Å². The number of aryl methyl sites for hydroxylation is 2. The number of nitrogens with zero attached hydrogens (tertiary/aromatic N) is 3. The molecular weight excluding hydrogens is 296 g/mol. The Balaban J connectivity index is 1.84. The molecule has 0 spiro atoms. The molecule has 1 atom stereocenters. The van der Waals surface area contributed by atoms with Gasteiger partial charge in [-0.05, 0) is 32.6 Å². The maximum Gasteiger partial charge on any atom is 0.290 e. The third kappa shape index (κ3) is 3.44. The van der Waals surface area contributed by atoms with Gasteiger partial charge >= 0.3 is 0 Å². The molecule has 0 saturated carbocycles. The summed E-state index contributed by atoms with van der Waals surface area (Å²) in [6.07, 6.45) is 5.51. The van der Waals surface area contributed by atoms with E-state index in [0.29, 0.717) is 24.8 Å². The first-order valence-electron chi connectivity index (χ1n) is 8.02. The molecule has 1 N–H and O–H groups in total. The van der Waals surface area contributed by atoms with E-state index in [9.17, 15) is 4.79 Å². The van der Waals surface area contributed by atoms with E-state index in [1.807, 2.05) is 6.20 Å². The first kappa shape index (κ1) is 15.7. The lowest BCUT2D eigenvalue weighted by Gasteiger charge is -2.30. The summed E-state index contributed by atoms with van der Waals surface area (Å²) in [4.78, 5) is 17.0. The Hall–Kier alpha value is -2.15. The second kappa shape index (κ2) is 6.95. The lowest BCUT2D eigenvalue weighted by Crippen LogP contribution is -2.37. The van der Waals surface area contributed by atoms with Gasteiger partial charge in [0.05, 0.1) is 11.7 Å². The molecule has 1 saturated heterocycles. The summed E-state index contributed by atoms with van der Waals surface area (Å²) in [6, 6.07) is 1.48. The fourth-order valence-corrected chi connectivity index (χ4v) is 2.99. The second-order valence-electron chi connectivity index (χ2n) is 5.80. The molecule has 1 aliphatic rings. The van der Waals surface area contributed by atoms with Crippen molar-refractivity contribution in [3.05, 3.63) is 35.7 Å². The Bertz CT molecular complexity index is 658. The van der Waals surface area contributed by atoms with Gasteiger partial charge in [-0.25, -0.2) is 4.98 Å². The SMILES string of the molecule is CCn1ccnc1[C@@H](NC(=O)c1cc(C)no1)C1CCOCC1. The zero-order valence-corrected chi connectivity index (χ0v) is 13.5. The molecule has 0 aromatic carbocycles. The molecule has 0 radical (unpaired) electrons. The molecule has 1 fully saturated rings. The summed E-state index contributed by atoms with van der Waals surface area (Å²) in [5.41, 5.74) is 0.688. The summed E-state index contributed by atoms with van der Waals surface area (Å²) < 4.78 is 12.6. The summed E-state index contributed by atoms with van der Waals surface area (Å²) in [6.45, 7) is 6.09.